The SMILES string of the molecule is COc1cccc(C(=O)Nc2nnc(-c3ccnn3C)o2)c1. The van der Waals surface area contributed by atoms with Crippen molar-refractivity contribution in [1.82, 2.24) is 20.0 Å². The summed E-state index contributed by atoms with van der Waals surface area (Å²) in [5, 5.41) is 14.2. The van der Waals surface area contributed by atoms with Crippen LogP contribution < -0.4 is 10.1 Å². The Morgan fingerprint density at radius 2 is 2.18 bits per heavy atom. The molecule has 8 nitrogen and oxygen atoms in total. The Balaban J connectivity index is 1.77. The van der Waals surface area contributed by atoms with Crippen molar-refractivity contribution in [2.24, 2.45) is 7.05 Å². The van der Waals surface area contributed by atoms with Crippen LogP contribution in [0.2, 0.25) is 0 Å². The molecule has 0 radical (unpaired) electrons. The highest BCUT2D eigenvalue weighted by molar-refractivity contribution is 6.03. The molecule has 0 unspecified atom stereocenters. The first-order chi connectivity index (χ1) is 10.7. The molecule has 3 aromatic rings. The molecule has 22 heavy (non-hydrogen) atoms. The standard InChI is InChI=1S/C14H13N5O3/c1-19-11(6-7-15-19)13-17-18-14(22-13)16-12(20)9-4-3-5-10(8-9)21-2/h3-8H,1-2H3,(H,16,18,20). The summed E-state index contributed by atoms with van der Waals surface area (Å²) in [6, 6.07) is 8.52. The number of rotatable bonds is 4. The second-order valence-corrected chi connectivity index (χ2v) is 4.44. The van der Waals surface area contributed by atoms with Gasteiger partial charge in [0, 0.05) is 18.8 Å². The van der Waals surface area contributed by atoms with Gasteiger partial charge in [-0.2, -0.15) is 5.10 Å². The number of anilines is 1. The van der Waals surface area contributed by atoms with Crippen LogP contribution in [0.4, 0.5) is 6.01 Å². The third-order valence-electron chi connectivity index (χ3n) is 3.02. The van der Waals surface area contributed by atoms with Crippen LogP contribution in [-0.2, 0) is 7.05 Å². The molecule has 0 bridgehead atoms. The number of aromatic nitrogens is 4. The number of nitrogens with zero attached hydrogens (tertiary/aromatic N) is 4. The summed E-state index contributed by atoms with van der Waals surface area (Å²) in [7, 11) is 3.29. The van der Waals surface area contributed by atoms with Gasteiger partial charge in [-0.1, -0.05) is 11.2 Å². The van der Waals surface area contributed by atoms with Crippen LogP contribution in [0.5, 0.6) is 5.75 Å². The molecule has 8 heteroatoms. The minimum Gasteiger partial charge on any atom is -0.497 e. The van der Waals surface area contributed by atoms with Gasteiger partial charge in [0.2, 0.25) is 0 Å². The average Bonchev–Trinajstić information content (AvgIpc) is 3.16. The van der Waals surface area contributed by atoms with Crippen molar-refractivity contribution in [2.45, 2.75) is 0 Å². The Morgan fingerprint density at radius 3 is 2.91 bits per heavy atom. The Morgan fingerprint density at radius 1 is 1.32 bits per heavy atom. The summed E-state index contributed by atoms with van der Waals surface area (Å²) in [6.07, 6.45) is 1.62. The predicted octanol–water partition coefficient (Wildman–Crippen LogP) is 1.73. The van der Waals surface area contributed by atoms with E-state index in [1.54, 1.807) is 48.3 Å². The molecule has 0 spiro atoms. The lowest BCUT2D eigenvalue weighted by atomic mass is 10.2. The quantitative estimate of drug-likeness (QED) is 0.788. The fraction of sp³-hybridized carbons (Fsp3) is 0.143. The molecule has 2 heterocycles. The van der Waals surface area contributed by atoms with E-state index in [1.807, 2.05) is 0 Å². The molecule has 0 saturated heterocycles. The number of carbonyl (C=O) groups excluding carboxylic acids is 1. The number of nitrogens with one attached hydrogen (secondary N) is 1. The minimum atomic E-state index is -0.362. The number of benzene rings is 1. The highest BCUT2D eigenvalue weighted by Crippen LogP contribution is 2.19. The number of hydrogen-bond acceptors (Lipinski definition) is 6. The summed E-state index contributed by atoms with van der Waals surface area (Å²) in [6.45, 7) is 0. The number of carbonyl (C=O) groups is 1. The van der Waals surface area contributed by atoms with Crippen LogP contribution >= 0.6 is 0 Å². The molecule has 0 saturated carbocycles. The summed E-state index contributed by atoms with van der Waals surface area (Å²) >= 11 is 0. The molecule has 3 rings (SSSR count). The first kappa shape index (κ1) is 13.8. The van der Waals surface area contributed by atoms with E-state index in [-0.39, 0.29) is 17.8 Å². The number of ether oxygens (including phenoxy) is 1. The molecule has 112 valence electrons. The van der Waals surface area contributed by atoms with E-state index >= 15 is 0 Å². The number of amides is 1. The number of methoxy groups -OCH3 is 1. The highest BCUT2D eigenvalue weighted by atomic mass is 16.5. The topological polar surface area (TPSA) is 95.1 Å². The third-order valence-corrected chi connectivity index (χ3v) is 3.02. The molecule has 1 amide bonds. The van der Waals surface area contributed by atoms with Gasteiger partial charge in [0.25, 0.3) is 11.8 Å². The van der Waals surface area contributed by atoms with E-state index in [9.17, 15) is 4.79 Å². The van der Waals surface area contributed by atoms with Crippen molar-refractivity contribution in [3.05, 3.63) is 42.1 Å². The molecule has 0 fully saturated rings. The van der Waals surface area contributed by atoms with Crippen LogP contribution in [0.3, 0.4) is 0 Å². The van der Waals surface area contributed by atoms with Gasteiger partial charge < -0.3 is 9.15 Å². The Bertz CT molecular complexity index is 808. The lowest BCUT2D eigenvalue weighted by molar-refractivity contribution is 0.102. The van der Waals surface area contributed by atoms with Gasteiger partial charge in [-0.3, -0.25) is 14.8 Å². The normalized spacial score (nSPS) is 10.5. The summed E-state index contributed by atoms with van der Waals surface area (Å²) in [5.41, 5.74) is 1.09. The van der Waals surface area contributed by atoms with Gasteiger partial charge in [-0.15, -0.1) is 5.10 Å². The van der Waals surface area contributed by atoms with Crippen LogP contribution in [0.15, 0.2) is 40.9 Å². The molecular weight excluding hydrogens is 286 g/mol. The fourth-order valence-corrected chi connectivity index (χ4v) is 1.89. The average molecular weight is 299 g/mol. The Kier molecular flexibility index (Phi) is 3.57. The van der Waals surface area contributed by atoms with Crippen molar-refractivity contribution in [2.75, 3.05) is 12.4 Å². The largest absolute Gasteiger partial charge is 0.497 e. The van der Waals surface area contributed by atoms with Crippen LogP contribution in [0.25, 0.3) is 11.6 Å². The predicted molar refractivity (Wildman–Crippen MR) is 77.4 cm³/mol. The molecule has 0 aliphatic carbocycles. The first-order valence-electron chi connectivity index (χ1n) is 6.44. The van der Waals surface area contributed by atoms with E-state index < -0.39 is 0 Å². The first-order valence-corrected chi connectivity index (χ1v) is 6.44. The van der Waals surface area contributed by atoms with Crippen molar-refractivity contribution in [3.63, 3.8) is 0 Å². The van der Waals surface area contributed by atoms with Crippen LogP contribution in [0, 0.1) is 0 Å². The molecule has 0 aliphatic heterocycles. The number of aryl methyl sites for hydroxylation is 1. The molecule has 2 aromatic heterocycles. The second-order valence-electron chi connectivity index (χ2n) is 4.44. The van der Waals surface area contributed by atoms with Crippen LogP contribution in [-0.4, -0.2) is 33.0 Å². The van der Waals surface area contributed by atoms with Gasteiger partial charge in [0.15, 0.2) is 0 Å². The zero-order chi connectivity index (χ0) is 15.5. The molecule has 0 atom stereocenters. The Labute approximate surface area is 125 Å². The molecular formula is C14H13N5O3. The lowest BCUT2D eigenvalue weighted by Gasteiger charge is -2.03. The van der Waals surface area contributed by atoms with E-state index in [0.717, 1.165) is 0 Å². The smallest absolute Gasteiger partial charge is 0.322 e. The molecule has 1 aromatic carbocycles. The van der Waals surface area contributed by atoms with Gasteiger partial charge in [0.1, 0.15) is 11.4 Å². The van der Waals surface area contributed by atoms with Crippen molar-refractivity contribution in [3.8, 4) is 17.3 Å². The second kappa shape index (κ2) is 5.68. The fourth-order valence-electron chi connectivity index (χ4n) is 1.89. The van der Waals surface area contributed by atoms with Gasteiger partial charge in [-0.05, 0) is 24.3 Å². The van der Waals surface area contributed by atoms with Crippen molar-refractivity contribution < 1.29 is 13.9 Å². The van der Waals surface area contributed by atoms with Gasteiger partial charge in [0.05, 0.1) is 7.11 Å². The molecule has 0 aliphatic rings. The maximum Gasteiger partial charge on any atom is 0.322 e. The number of hydrogen-bond donors (Lipinski definition) is 1. The summed E-state index contributed by atoms with van der Waals surface area (Å²) in [4.78, 5) is 12.1. The summed E-state index contributed by atoms with van der Waals surface area (Å²) in [5.74, 6) is 0.508. The van der Waals surface area contributed by atoms with Crippen LogP contribution in [0.1, 0.15) is 10.4 Å². The van der Waals surface area contributed by atoms with E-state index in [0.29, 0.717) is 17.0 Å². The molecule has 1 N–H and O–H groups in total. The zero-order valence-corrected chi connectivity index (χ0v) is 12.0. The Hall–Kier alpha value is -3.16. The maximum absolute atomic E-state index is 12.1. The van der Waals surface area contributed by atoms with E-state index in [1.165, 1.54) is 7.11 Å². The van der Waals surface area contributed by atoms with Gasteiger partial charge >= 0.3 is 6.01 Å². The van der Waals surface area contributed by atoms with E-state index in [4.69, 9.17) is 9.15 Å². The highest BCUT2D eigenvalue weighted by Gasteiger charge is 2.14. The lowest BCUT2D eigenvalue weighted by Crippen LogP contribution is -2.12. The minimum absolute atomic E-state index is 0.0176. The van der Waals surface area contributed by atoms with E-state index in [2.05, 4.69) is 20.6 Å². The monoisotopic (exact) mass is 299 g/mol. The zero-order valence-electron chi connectivity index (χ0n) is 12.0. The summed E-state index contributed by atoms with van der Waals surface area (Å²) < 4.78 is 12.1. The maximum atomic E-state index is 12.1. The van der Waals surface area contributed by atoms with Gasteiger partial charge in [-0.25, -0.2) is 0 Å². The van der Waals surface area contributed by atoms with Crippen molar-refractivity contribution in [1.29, 1.82) is 0 Å². The van der Waals surface area contributed by atoms with Crippen molar-refractivity contribution >= 4 is 11.9 Å². The third kappa shape index (κ3) is 2.66.